The van der Waals surface area contributed by atoms with Gasteiger partial charge in [-0.3, -0.25) is 9.89 Å². The Bertz CT molecular complexity index is 474. The molecule has 0 aromatic heterocycles. The summed E-state index contributed by atoms with van der Waals surface area (Å²) in [7, 11) is 1.35. The summed E-state index contributed by atoms with van der Waals surface area (Å²) in [5.41, 5.74) is 3.44. The third kappa shape index (κ3) is 6.33. The third-order valence-corrected chi connectivity index (χ3v) is 2.34. The van der Waals surface area contributed by atoms with Crippen LogP contribution < -0.4 is 5.73 Å². The zero-order valence-corrected chi connectivity index (χ0v) is 12.7. The molecule has 0 aliphatic heterocycles. The molecule has 5 nitrogen and oxygen atoms in total. The maximum atomic E-state index is 12.5. The molecule has 0 fully saturated rings. The van der Waals surface area contributed by atoms with Crippen LogP contribution >= 0.6 is 0 Å². The summed E-state index contributed by atoms with van der Waals surface area (Å²) < 4.78 is 42.7. The van der Waals surface area contributed by atoms with Gasteiger partial charge in [-0.2, -0.15) is 13.2 Å². The van der Waals surface area contributed by atoms with Gasteiger partial charge in [-0.15, -0.1) is 0 Å². The minimum absolute atomic E-state index is 0.106. The van der Waals surface area contributed by atoms with Crippen LogP contribution in [-0.2, 0) is 4.74 Å². The van der Waals surface area contributed by atoms with Crippen LogP contribution in [0.25, 0.3) is 0 Å². The molecule has 1 amide bonds. The molecule has 0 saturated carbocycles. The van der Waals surface area contributed by atoms with E-state index in [2.05, 4.69) is 11.7 Å². The Balaban J connectivity index is 5.36. The summed E-state index contributed by atoms with van der Waals surface area (Å²) in [4.78, 5) is 15.7. The van der Waals surface area contributed by atoms with Gasteiger partial charge in [0.2, 0.25) is 0 Å². The standard InChI is InChI=1S/C13H20F3N3O2/c1-8(19(6)11(20)21-12(2,3)4)9(17)7-10(18-5)13(14,15)16/h7H,5,17H2,1-4,6H3/b9-8-,10-7-. The van der Waals surface area contributed by atoms with Crippen molar-refractivity contribution in [1.82, 2.24) is 4.90 Å². The first-order valence-electron chi connectivity index (χ1n) is 5.98. The molecule has 8 heteroatoms. The number of hydrogen-bond acceptors (Lipinski definition) is 4. The van der Waals surface area contributed by atoms with Crippen LogP contribution in [0, 0.1) is 0 Å². The van der Waals surface area contributed by atoms with E-state index in [1.807, 2.05) is 0 Å². The zero-order valence-electron chi connectivity index (χ0n) is 12.7. The first-order chi connectivity index (χ1) is 9.29. The molecule has 2 N–H and O–H groups in total. The molecule has 0 bridgehead atoms. The summed E-state index contributed by atoms with van der Waals surface area (Å²) in [5.74, 6) is 0. The number of nitrogens with zero attached hydrogens (tertiary/aromatic N) is 2. The Kier molecular flexibility index (Phi) is 6.01. The lowest BCUT2D eigenvalue weighted by Crippen LogP contribution is -2.34. The number of amides is 1. The van der Waals surface area contributed by atoms with Crippen molar-refractivity contribution in [1.29, 1.82) is 0 Å². The van der Waals surface area contributed by atoms with Gasteiger partial charge in [0.25, 0.3) is 0 Å². The highest BCUT2D eigenvalue weighted by molar-refractivity contribution is 5.70. The molecular weight excluding hydrogens is 287 g/mol. The summed E-state index contributed by atoms with van der Waals surface area (Å²) >= 11 is 0. The molecule has 0 spiro atoms. The summed E-state index contributed by atoms with van der Waals surface area (Å²) in [6, 6.07) is 0. The second kappa shape index (κ2) is 6.64. The molecular formula is C13H20F3N3O2. The van der Waals surface area contributed by atoms with Gasteiger partial charge in [-0.05, 0) is 40.5 Å². The highest BCUT2D eigenvalue weighted by Gasteiger charge is 2.33. The molecule has 0 unspecified atom stereocenters. The molecule has 21 heavy (non-hydrogen) atoms. The number of allylic oxidation sites excluding steroid dienone is 3. The number of alkyl halides is 3. The Morgan fingerprint density at radius 2 is 1.81 bits per heavy atom. The summed E-state index contributed by atoms with van der Waals surface area (Å²) in [5, 5.41) is 0. The number of nitrogens with two attached hydrogens (primary N) is 1. The van der Waals surface area contributed by atoms with Crippen LogP contribution in [0.3, 0.4) is 0 Å². The molecule has 120 valence electrons. The van der Waals surface area contributed by atoms with Crippen LogP contribution in [0.2, 0.25) is 0 Å². The lowest BCUT2D eigenvalue weighted by atomic mass is 10.2. The lowest BCUT2D eigenvalue weighted by molar-refractivity contribution is -0.0922. The van der Waals surface area contributed by atoms with Gasteiger partial charge in [-0.25, -0.2) is 4.79 Å². The van der Waals surface area contributed by atoms with E-state index in [4.69, 9.17) is 10.5 Å². The summed E-state index contributed by atoms with van der Waals surface area (Å²) in [6.07, 6.45) is -4.78. The van der Waals surface area contributed by atoms with Gasteiger partial charge in [0.05, 0.1) is 5.70 Å². The van der Waals surface area contributed by atoms with Crippen LogP contribution in [0.15, 0.2) is 28.2 Å². The fraction of sp³-hybridized carbons (Fsp3) is 0.538. The van der Waals surface area contributed by atoms with Crippen LogP contribution in [0.1, 0.15) is 27.7 Å². The molecule has 0 rings (SSSR count). The van der Waals surface area contributed by atoms with Crippen molar-refractivity contribution in [3.63, 3.8) is 0 Å². The molecule has 0 atom stereocenters. The topological polar surface area (TPSA) is 67.9 Å². The number of rotatable bonds is 3. The van der Waals surface area contributed by atoms with Crippen molar-refractivity contribution < 1.29 is 22.7 Å². The van der Waals surface area contributed by atoms with Gasteiger partial charge < -0.3 is 10.5 Å². The Morgan fingerprint density at radius 1 is 1.33 bits per heavy atom. The number of hydrogen-bond donors (Lipinski definition) is 1. The predicted octanol–water partition coefficient (Wildman–Crippen LogP) is 3.19. The quantitative estimate of drug-likeness (QED) is 0.643. The highest BCUT2D eigenvalue weighted by Crippen LogP contribution is 2.27. The minimum atomic E-state index is -4.67. The Morgan fingerprint density at radius 3 is 2.14 bits per heavy atom. The second-order valence-corrected chi connectivity index (χ2v) is 5.27. The molecule has 0 aromatic rings. The SMILES string of the molecule is C=N/C(=C\C(N)=C(/C)N(C)C(=O)OC(C)(C)C)C(F)(F)F. The molecule has 0 aliphatic rings. The fourth-order valence-corrected chi connectivity index (χ4v) is 1.13. The average Bonchev–Trinajstić information content (AvgIpc) is 2.29. The van der Waals surface area contributed by atoms with E-state index >= 15 is 0 Å². The van der Waals surface area contributed by atoms with E-state index in [0.29, 0.717) is 6.08 Å². The van der Waals surface area contributed by atoms with Gasteiger partial charge in [-0.1, -0.05) is 0 Å². The average molecular weight is 307 g/mol. The van der Waals surface area contributed by atoms with E-state index < -0.39 is 23.6 Å². The monoisotopic (exact) mass is 307 g/mol. The van der Waals surface area contributed by atoms with Crippen LogP contribution in [-0.4, -0.2) is 36.5 Å². The smallest absolute Gasteiger partial charge is 0.433 e. The molecule has 0 heterocycles. The third-order valence-electron chi connectivity index (χ3n) is 2.34. The molecule has 0 aromatic carbocycles. The van der Waals surface area contributed by atoms with Gasteiger partial charge >= 0.3 is 12.3 Å². The normalized spacial score (nSPS) is 14.4. The van der Waals surface area contributed by atoms with Gasteiger partial charge in [0.1, 0.15) is 11.3 Å². The predicted molar refractivity (Wildman–Crippen MR) is 74.6 cm³/mol. The first-order valence-corrected chi connectivity index (χ1v) is 5.98. The Labute approximate surface area is 122 Å². The number of carbonyl (C=O) groups excluding carboxylic acids is 1. The van der Waals surface area contributed by atoms with E-state index in [-0.39, 0.29) is 11.4 Å². The summed E-state index contributed by atoms with van der Waals surface area (Å²) in [6.45, 7) is 9.26. The largest absolute Gasteiger partial charge is 0.443 e. The maximum absolute atomic E-state index is 12.5. The van der Waals surface area contributed by atoms with Crippen molar-refractivity contribution in [3.05, 3.63) is 23.2 Å². The highest BCUT2D eigenvalue weighted by atomic mass is 19.4. The van der Waals surface area contributed by atoms with Crippen LogP contribution in [0.5, 0.6) is 0 Å². The van der Waals surface area contributed by atoms with Gasteiger partial charge in [0.15, 0.2) is 0 Å². The van der Waals surface area contributed by atoms with Crippen molar-refractivity contribution in [2.45, 2.75) is 39.5 Å². The minimum Gasteiger partial charge on any atom is -0.443 e. The van der Waals surface area contributed by atoms with Crippen molar-refractivity contribution in [3.8, 4) is 0 Å². The van der Waals surface area contributed by atoms with Crippen LogP contribution in [0.4, 0.5) is 18.0 Å². The number of ether oxygens (including phenoxy) is 1. The molecule has 0 aliphatic carbocycles. The zero-order chi connectivity index (χ0) is 17.0. The van der Waals surface area contributed by atoms with Gasteiger partial charge in [0, 0.05) is 12.7 Å². The second-order valence-electron chi connectivity index (χ2n) is 5.27. The maximum Gasteiger partial charge on any atom is 0.433 e. The molecule has 0 saturated heterocycles. The van der Waals surface area contributed by atoms with E-state index in [9.17, 15) is 18.0 Å². The van der Waals surface area contributed by atoms with Crippen molar-refractivity contribution in [2.24, 2.45) is 10.7 Å². The Hall–Kier alpha value is -1.99. The number of carbonyl (C=O) groups is 1. The first kappa shape index (κ1) is 19.0. The van der Waals surface area contributed by atoms with E-state index in [1.165, 1.54) is 14.0 Å². The van der Waals surface area contributed by atoms with E-state index in [1.54, 1.807) is 20.8 Å². The number of halogens is 3. The number of aliphatic imine (C=N–C) groups is 1. The van der Waals surface area contributed by atoms with Crippen molar-refractivity contribution in [2.75, 3.05) is 7.05 Å². The fourth-order valence-electron chi connectivity index (χ4n) is 1.13. The van der Waals surface area contributed by atoms with E-state index in [0.717, 1.165) is 4.90 Å². The lowest BCUT2D eigenvalue weighted by Gasteiger charge is -2.25. The van der Waals surface area contributed by atoms with Crippen molar-refractivity contribution >= 4 is 12.8 Å². The molecule has 0 radical (unpaired) electrons.